The summed E-state index contributed by atoms with van der Waals surface area (Å²) in [5.74, 6) is 0. The average molecular weight is 1450 g/mol. The average Bonchev–Trinajstić information content (AvgIpc) is 0.806. The van der Waals surface area contributed by atoms with Crippen LogP contribution in [0.3, 0.4) is 0 Å². The van der Waals surface area contributed by atoms with Crippen molar-refractivity contribution in [2.24, 2.45) is 0 Å². The number of aliphatic hydroxyl groups is 2. The van der Waals surface area contributed by atoms with Crippen molar-refractivity contribution in [2.45, 2.75) is 624 Å². The van der Waals surface area contributed by atoms with Crippen LogP contribution in [0.1, 0.15) is 612 Å². The van der Waals surface area contributed by atoms with E-state index in [2.05, 4.69) is 32.6 Å². The van der Waals surface area contributed by atoms with Crippen LogP contribution in [-0.2, 0) is 0 Å². The second-order valence-corrected chi connectivity index (χ2v) is 35.3. The lowest BCUT2D eigenvalue weighted by molar-refractivity contribution is -0.0583. The van der Waals surface area contributed by atoms with Crippen molar-refractivity contribution in [3.63, 3.8) is 0 Å². The smallest absolute Gasteiger partial charge is 0.0723 e. The van der Waals surface area contributed by atoms with E-state index in [0.717, 1.165) is 38.8 Å². The summed E-state index contributed by atoms with van der Waals surface area (Å²) in [5, 5.41) is 23.7. The Morgan fingerprint density at radius 2 is 0.311 bits per heavy atom. The minimum absolute atomic E-state index is 0.201. The van der Waals surface area contributed by atoms with Gasteiger partial charge in [0.2, 0.25) is 0 Å². The van der Waals surface area contributed by atoms with E-state index in [1.54, 1.807) is 0 Å². The van der Waals surface area contributed by atoms with E-state index in [9.17, 15) is 10.2 Å². The van der Waals surface area contributed by atoms with Crippen LogP contribution in [-0.4, -0.2) is 46.5 Å². The number of hydrogen-bond acceptors (Lipinski definition) is 3. The monoisotopic (exact) mass is 1450 g/mol. The number of hydrogen-bond donors (Lipinski definition) is 2. The molecule has 0 spiro atoms. The highest BCUT2D eigenvalue weighted by Gasteiger charge is 2.41. The van der Waals surface area contributed by atoms with Crippen LogP contribution in [0.25, 0.3) is 0 Å². The minimum Gasteiger partial charge on any atom is -0.395 e. The van der Waals surface area contributed by atoms with Gasteiger partial charge < -0.3 is 10.2 Å². The molecule has 0 aliphatic carbocycles. The Morgan fingerprint density at radius 3 is 0.466 bits per heavy atom. The van der Waals surface area contributed by atoms with Gasteiger partial charge in [-0.2, -0.15) is 0 Å². The van der Waals surface area contributed by atoms with Gasteiger partial charge in [0.1, 0.15) is 0 Å². The molecule has 0 aromatic rings. The number of rotatable bonds is 96. The summed E-state index contributed by atoms with van der Waals surface area (Å²) in [5.41, 5.74) is -0.201. The zero-order chi connectivity index (χ0) is 74.1. The first kappa shape index (κ1) is 103. The van der Waals surface area contributed by atoms with E-state index in [1.165, 1.54) is 559 Å². The van der Waals surface area contributed by atoms with Gasteiger partial charge in [-0.1, -0.05) is 586 Å². The van der Waals surface area contributed by atoms with E-state index in [1.807, 2.05) is 0 Å². The summed E-state index contributed by atoms with van der Waals surface area (Å²) in [6, 6.07) is 0. The summed E-state index contributed by atoms with van der Waals surface area (Å²) >= 11 is 0. The summed E-state index contributed by atoms with van der Waals surface area (Å²) in [6.07, 6.45) is 128. The third-order valence-electron chi connectivity index (χ3n) is 25.2. The Kier molecular flexibility index (Phi) is 92.4. The van der Waals surface area contributed by atoms with Gasteiger partial charge in [-0.25, -0.2) is 0 Å². The van der Waals surface area contributed by atoms with Crippen LogP contribution >= 0.6 is 0 Å². The van der Waals surface area contributed by atoms with E-state index >= 15 is 0 Å². The lowest BCUT2D eigenvalue weighted by atomic mass is 9.77. The highest BCUT2D eigenvalue weighted by atomic mass is 16.3. The molecule has 0 aromatic carbocycles. The summed E-state index contributed by atoms with van der Waals surface area (Å²) in [4.78, 5) is 2.71. The molecule has 1 atom stereocenters. The SMILES string of the molecule is CCCCCCCCCCCCCCCCCCCCCCCCCCCCC(O)C(CCCCCCCCCCCCCCCCCCCCCCCCCCCC)(CCCCCCCCCCCCCCCCCCCCCCCCCCCC)N(CCO)CCCCCCCCCCCC. The van der Waals surface area contributed by atoms with E-state index in [0.29, 0.717) is 0 Å². The standard InChI is InChI=1S/C100H203NO2/c1-5-9-13-17-21-25-29-32-35-38-41-44-47-50-53-56-59-62-65-68-71-74-77-81-85-89-93-99(103)100(101(97-98-102)96-92-88-84-80-28-24-20-16-12-8-4,94-90-86-82-78-75-72-69-66-63-60-57-54-51-48-45-42-39-36-33-30-26-22-18-14-10-6-2)95-91-87-83-79-76-73-70-67-64-61-58-55-52-49-46-43-40-37-34-31-27-23-19-15-11-7-3/h99,102-103H,5-98H2,1-4H3. The van der Waals surface area contributed by atoms with Crippen molar-refractivity contribution < 1.29 is 10.2 Å². The molecule has 0 rings (SSSR count). The van der Waals surface area contributed by atoms with Crippen molar-refractivity contribution in [3.8, 4) is 0 Å². The van der Waals surface area contributed by atoms with Gasteiger partial charge in [-0.3, -0.25) is 4.90 Å². The van der Waals surface area contributed by atoms with Crippen LogP contribution in [0.15, 0.2) is 0 Å². The molecule has 0 aliphatic heterocycles. The molecular weight excluding hydrogens is 1250 g/mol. The van der Waals surface area contributed by atoms with E-state index in [4.69, 9.17) is 0 Å². The van der Waals surface area contributed by atoms with Gasteiger partial charge in [-0.05, 0) is 32.2 Å². The molecule has 2 N–H and O–H groups in total. The normalized spacial score (nSPS) is 12.4. The van der Waals surface area contributed by atoms with Crippen molar-refractivity contribution in [2.75, 3.05) is 19.7 Å². The van der Waals surface area contributed by atoms with Gasteiger partial charge in [-0.15, -0.1) is 0 Å². The molecule has 0 saturated heterocycles. The zero-order valence-corrected chi connectivity index (χ0v) is 72.9. The van der Waals surface area contributed by atoms with Crippen LogP contribution in [0.5, 0.6) is 0 Å². The van der Waals surface area contributed by atoms with Crippen molar-refractivity contribution in [3.05, 3.63) is 0 Å². The molecule has 3 heteroatoms. The molecule has 3 nitrogen and oxygen atoms in total. The van der Waals surface area contributed by atoms with Gasteiger partial charge in [0.05, 0.1) is 12.7 Å². The maximum absolute atomic E-state index is 12.9. The third-order valence-corrected chi connectivity index (χ3v) is 25.2. The first-order valence-corrected chi connectivity index (χ1v) is 50.2. The Morgan fingerprint density at radius 1 is 0.175 bits per heavy atom. The fourth-order valence-corrected chi connectivity index (χ4v) is 17.9. The summed E-state index contributed by atoms with van der Waals surface area (Å²) < 4.78 is 0. The quantitative estimate of drug-likeness (QED) is 0.0597. The lowest BCUT2D eigenvalue weighted by Gasteiger charge is -2.48. The highest BCUT2D eigenvalue weighted by molar-refractivity contribution is 4.97. The third kappa shape index (κ3) is 79.8. The molecule has 0 saturated carbocycles. The second kappa shape index (κ2) is 92.5. The predicted octanol–water partition coefficient (Wildman–Crippen LogP) is 36.0. The molecule has 0 amide bonds. The van der Waals surface area contributed by atoms with Crippen molar-refractivity contribution >= 4 is 0 Å². The molecule has 0 fully saturated rings. The Balaban J connectivity index is 5.12. The zero-order valence-electron chi connectivity index (χ0n) is 72.9. The largest absolute Gasteiger partial charge is 0.395 e. The van der Waals surface area contributed by atoms with Crippen molar-refractivity contribution in [1.29, 1.82) is 0 Å². The fraction of sp³-hybridized carbons (Fsp3) is 1.00. The van der Waals surface area contributed by atoms with Crippen LogP contribution < -0.4 is 0 Å². The molecule has 103 heavy (non-hydrogen) atoms. The number of β-amino-alcohol motifs (C(OH)–C–C–N with tert-alkyl or cyclic N) is 1. The predicted molar refractivity (Wildman–Crippen MR) is 470 cm³/mol. The Labute approximate surface area is 654 Å². The van der Waals surface area contributed by atoms with Crippen LogP contribution in [0, 0.1) is 0 Å². The molecule has 0 aliphatic rings. The molecule has 0 aromatic heterocycles. The first-order valence-electron chi connectivity index (χ1n) is 50.2. The Hall–Kier alpha value is -0.120. The summed E-state index contributed by atoms with van der Waals surface area (Å²) in [6.45, 7) is 11.3. The fourth-order valence-electron chi connectivity index (χ4n) is 17.9. The van der Waals surface area contributed by atoms with Crippen LogP contribution in [0.4, 0.5) is 0 Å². The van der Waals surface area contributed by atoms with E-state index in [-0.39, 0.29) is 18.2 Å². The van der Waals surface area contributed by atoms with Gasteiger partial charge in [0.25, 0.3) is 0 Å². The minimum atomic E-state index is -0.296. The van der Waals surface area contributed by atoms with Crippen molar-refractivity contribution in [1.82, 2.24) is 4.90 Å². The van der Waals surface area contributed by atoms with E-state index < -0.39 is 0 Å². The molecule has 0 heterocycles. The maximum atomic E-state index is 12.9. The first-order chi connectivity index (χ1) is 51.1. The Bertz CT molecular complexity index is 1390. The maximum Gasteiger partial charge on any atom is 0.0723 e. The lowest BCUT2D eigenvalue weighted by Crippen LogP contribution is -2.58. The molecule has 620 valence electrons. The topological polar surface area (TPSA) is 43.7 Å². The molecule has 0 bridgehead atoms. The van der Waals surface area contributed by atoms with Crippen LogP contribution in [0.2, 0.25) is 0 Å². The molecule has 0 radical (unpaired) electrons. The second-order valence-electron chi connectivity index (χ2n) is 35.3. The van der Waals surface area contributed by atoms with Gasteiger partial charge in [0, 0.05) is 12.1 Å². The number of aliphatic hydroxyl groups excluding tert-OH is 2. The number of unbranched alkanes of at least 4 members (excludes halogenated alkanes) is 84. The highest BCUT2D eigenvalue weighted by Crippen LogP contribution is 2.37. The molecule has 1 unspecified atom stereocenters. The van der Waals surface area contributed by atoms with Gasteiger partial charge in [0.15, 0.2) is 0 Å². The molecular formula is C100H203NO2. The van der Waals surface area contributed by atoms with Gasteiger partial charge >= 0.3 is 0 Å². The number of nitrogens with zero attached hydrogens (tertiary/aromatic N) is 1. The summed E-state index contributed by atoms with van der Waals surface area (Å²) in [7, 11) is 0.